The van der Waals surface area contributed by atoms with E-state index in [1.807, 2.05) is 6.07 Å². The van der Waals surface area contributed by atoms with Crippen molar-refractivity contribution in [1.29, 1.82) is 5.26 Å². The molecule has 0 fully saturated rings. The Kier molecular flexibility index (Phi) is 3.38. The number of amides is 2. The fourth-order valence-corrected chi connectivity index (χ4v) is 1.88. The molecule has 1 aromatic carbocycles. The number of anilines is 2. The van der Waals surface area contributed by atoms with Gasteiger partial charge in [-0.1, -0.05) is 0 Å². The normalized spacial score (nSPS) is 17.4. The molecule has 0 radical (unpaired) electrons. The number of imide groups is 1. The van der Waals surface area contributed by atoms with Gasteiger partial charge in [0.25, 0.3) is 5.91 Å². The van der Waals surface area contributed by atoms with Gasteiger partial charge in [0.15, 0.2) is 6.10 Å². The molecule has 1 heterocycles. The summed E-state index contributed by atoms with van der Waals surface area (Å²) < 4.78 is 5.42. The van der Waals surface area contributed by atoms with Crippen molar-refractivity contribution in [2.24, 2.45) is 0 Å². The van der Waals surface area contributed by atoms with Gasteiger partial charge in [0, 0.05) is 18.5 Å². The maximum Gasteiger partial charge on any atom is 0.274 e. The summed E-state index contributed by atoms with van der Waals surface area (Å²) in [6.07, 6.45) is -0.680. The van der Waals surface area contributed by atoms with E-state index in [-0.39, 0.29) is 12.8 Å². The monoisotopic (exact) mass is 259 g/mol. The Bertz CT molecular complexity index is 577. The van der Waals surface area contributed by atoms with Crippen LogP contribution in [0.1, 0.15) is 19.8 Å². The molecule has 6 heteroatoms. The summed E-state index contributed by atoms with van der Waals surface area (Å²) in [7, 11) is 0. The van der Waals surface area contributed by atoms with Gasteiger partial charge in [-0.2, -0.15) is 5.26 Å². The summed E-state index contributed by atoms with van der Waals surface area (Å²) in [6, 6.07) is 6.66. The van der Waals surface area contributed by atoms with Crippen LogP contribution in [-0.2, 0) is 9.59 Å². The number of ether oxygens (including phenoxy) is 1. The molecular weight excluding hydrogens is 246 g/mol. The van der Waals surface area contributed by atoms with Gasteiger partial charge in [-0.15, -0.1) is 0 Å². The standard InChI is InChI=1S/C13H13N3O3/c1-8-13(18)16(12(17)3-2-6-14)10-7-9(15)4-5-11(10)19-8/h4-5,7-8H,2-3,15H2,1H3. The second-order valence-corrected chi connectivity index (χ2v) is 4.21. The van der Waals surface area contributed by atoms with Crippen molar-refractivity contribution in [3.63, 3.8) is 0 Å². The van der Waals surface area contributed by atoms with Gasteiger partial charge >= 0.3 is 0 Å². The lowest BCUT2D eigenvalue weighted by molar-refractivity contribution is -0.131. The summed E-state index contributed by atoms with van der Waals surface area (Å²) in [4.78, 5) is 25.2. The minimum atomic E-state index is -0.734. The number of hydrogen-bond donors (Lipinski definition) is 1. The Morgan fingerprint density at radius 1 is 1.58 bits per heavy atom. The zero-order chi connectivity index (χ0) is 14.0. The number of nitrogens with zero attached hydrogens (tertiary/aromatic N) is 2. The first kappa shape index (κ1) is 12.9. The molecule has 19 heavy (non-hydrogen) atoms. The molecular formula is C13H13N3O3. The Hall–Kier alpha value is -2.55. The smallest absolute Gasteiger partial charge is 0.274 e. The predicted octanol–water partition coefficient (Wildman–Crippen LogP) is 1.21. The molecule has 0 aliphatic carbocycles. The number of benzene rings is 1. The Morgan fingerprint density at radius 2 is 2.32 bits per heavy atom. The van der Waals surface area contributed by atoms with Crippen LogP contribution in [0.2, 0.25) is 0 Å². The summed E-state index contributed by atoms with van der Waals surface area (Å²) in [6.45, 7) is 1.58. The molecule has 1 aromatic rings. The Labute approximate surface area is 110 Å². The molecule has 0 saturated heterocycles. The third-order valence-corrected chi connectivity index (χ3v) is 2.80. The molecule has 0 aromatic heterocycles. The van der Waals surface area contributed by atoms with E-state index in [9.17, 15) is 9.59 Å². The lowest BCUT2D eigenvalue weighted by atomic mass is 10.1. The van der Waals surface area contributed by atoms with Gasteiger partial charge < -0.3 is 10.5 Å². The number of carbonyl (C=O) groups is 2. The van der Waals surface area contributed by atoms with E-state index < -0.39 is 17.9 Å². The van der Waals surface area contributed by atoms with Crippen LogP contribution in [-0.4, -0.2) is 17.9 Å². The number of rotatable bonds is 2. The van der Waals surface area contributed by atoms with Gasteiger partial charge in [-0.25, -0.2) is 4.90 Å². The largest absolute Gasteiger partial charge is 0.479 e. The molecule has 1 atom stereocenters. The molecule has 2 rings (SSSR count). The van der Waals surface area contributed by atoms with E-state index in [0.717, 1.165) is 4.90 Å². The molecule has 1 aliphatic rings. The van der Waals surface area contributed by atoms with E-state index in [0.29, 0.717) is 17.1 Å². The molecule has 1 aliphatic heterocycles. The SMILES string of the molecule is CC1Oc2ccc(N)cc2N(C(=O)CCC#N)C1=O. The van der Waals surface area contributed by atoms with Crippen molar-refractivity contribution in [3.05, 3.63) is 18.2 Å². The van der Waals surface area contributed by atoms with Gasteiger partial charge in [-0.05, 0) is 25.1 Å². The zero-order valence-electron chi connectivity index (χ0n) is 10.4. The topological polar surface area (TPSA) is 96.4 Å². The summed E-state index contributed by atoms with van der Waals surface area (Å²) >= 11 is 0. The Balaban J connectivity index is 2.41. The van der Waals surface area contributed by atoms with Gasteiger partial charge in [0.05, 0.1) is 11.8 Å². The second-order valence-electron chi connectivity index (χ2n) is 4.21. The molecule has 98 valence electrons. The van der Waals surface area contributed by atoms with Crippen LogP contribution in [0.4, 0.5) is 11.4 Å². The number of nitriles is 1. The lowest BCUT2D eigenvalue weighted by Gasteiger charge is -2.31. The fraction of sp³-hybridized carbons (Fsp3) is 0.308. The van der Waals surface area contributed by atoms with Crippen LogP contribution < -0.4 is 15.4 Å². The van der Waals surface area contributed by atoms with Crippen LogP contribution in [0.25, 0.3) is 0 Å². The van der Waals surface area contributed by atoms with Gasteiger partial charge in [0.2, 0.25) is 5.91 Å². The maximum absolute atomic E-state index is 12.1. The van der Waals surface area contributed by atoms with Crippen molar-refractivity contribution < 1.29 is 14.3 Å². The third-order valence-electron chi connectivity index (χ3n) is 2.80. The first-order valence-corrected chi connectivity index (χ1v) is 5.84. The summed E-state index contributed by atoms with van der Waals surface area (Å²) in [5.41, 5.74) is 6.44. The van der Waals surface area contributed by atoms with Crippen LogP contribution >= 0.6 is 0 Å². The van der Waals surface area contributed by atoms with Crippen LogP contribution in [0, 0.1) is 11.3 Å². The average molecular weight is 259 g/mol. The van der Waals surface area contributed by atoms with Crippen molar-refractivity contribution in [2.75, 3.05) is 10.6 Å². The highest BCUT2D eigenvalue weighted by Crippen LogP contribution is 2.36. The van der Waals surface area contributed by atoms with Gasteiger partial charge in [-0.3, -0.25) is 9.59 Å². The molecule has 2 N–H and O–H groups in total. The lowest BCUT2D eigenvalue weighted by Crippen LogP contribution is -2.47. The molecule has 1 unspecified atom stereocenters. The summed E-state index contributed by atoms with van der Waals surface area (Å²) in [5.74, 6) is -0.429. The van der Waals surface area contributed by atoms with Crippen molar-refractivity contribution >= 4 is 23.2 Å². The van der Waals surface area contributed by atoms with Crippen molar-refractivity contribution in [1.82, 2.24) is 0 Å². The fourth-order valence-electron chi connectivity index (χ4n) is 1.88. The first-order chi connectivity index (χ1) is 9.04. The van der Waals surface area contributed by atoms with Crippen molar-refractivity contribution in [2.45, 2.75) is 25.9 Å². The highest BCUT2D eigenvalue weighted by molar-refractivity contribution is 6.18. The number of nitrogens with two attached hydrogens (primary N) is 1. The van der Waals surface area contributed by atoms with E-state index in [4.69, 9.17) is 15.7 Å². The van der Waals surface area contributed by atoms with E-state index in [1.54, 1.807) is 19.1 Å². The molecule has 6 nitrogen and oxygen atoms in total. The van der Waals surface area contributed by atoms with E-state index >= 15 is 0 Å². The van der Waals surface area contributed by atoms with E-state index in [2.05, 4.69) is 0 Å². The minimum absolute atomic E-state index is 0.0107. The molecule has 2 amide bonds. The predicted molar refractivity (Wildman–Crippen MR) is 68.3 cm³/mol. The summed E-state index contributed by atoms with van der Waals surface area (Å²) in [5, 5.41) is 8.52. The zero-order valence-corrected chi connectivity index (χ0v) is 10.4. The Morgan fingerprint density at radius 3 is 3.00 bits per heavy atom. The van der Waals surface area contributed by atoms with E-state index in [1.165, 1.54) is 6.07 Å². The molecule has 0 bridgehead atoms. The number of hydrogen-bond acceptors (Lipinski definition) is 5. The maximum atomic E-state index is 12.1. The molecule has 0 spiro atoms. The highest BCUT2D eigenvalue weighted by Gasteiger charge is 2.35. The average Bonchev–Trinajstić information content (AvgIpc) is 2.38. The highest BCUT2D eigenvalue weighted by atomic mass is 16.5. The second kappa shape index (κ2) is 4.98. The molecule has 0 saturated carbocycles. The van der Waals surface area contributed by atoms with Gasteiger partial charge in [0.1, 0.15) is 5.75 Å². The minimum Gasteiger partial charge on any atom is -0.479 e. The quantitative estimate of drug-likeness (QED) is 0.805. The van der Waals surface area contributed by atoms with Crippen LogP contribution in [0.15, 0.2) is 18.2 Å². The van der Waals surface area contributed by atoms with Crippen LogP contribution in [0.3, 0.4) is 0 Å². The van der Waals surface area contributed by atoms with Crippen molar-refractivity contribution in [3.8, 4) is 11.8 Å². The number of nitrogen functional groups attached to an aromatic ring is 1. The number of fused-ring (bicyclic) bond motifs is 1. The first-order valence-electron chi connectivity index (χ1n) is 5.84. The third kappa shape index (κ3) is 2.36. The van der Waals surface area contributed by atoms with Crippen LogP contribution in [0.5, 0.6) is 5.75 Å². The number of carbonyl (C=O) groups excluding carboxylic acids is 2.